The maximum absolute atomic E-state index is 13.0. The van der Waals surface area contributed by atoms with Crippen LogP contribution >= 0.6 is 0 Å². The van der Waals surface area contributed by atoms with Gasteiger partial charge in [0.2, 0.25) is 0 Å². The second-order valence-corrected chi connectivity index (χ2v) is 7.43. The lowest BCUT2D eigenvalue weighted by Gasteiger charge is -2.40. The summed E-state index contributed by atoms with van der Waals surface area (Å²) in [6, 6.07) is 4.06. The van der Waals surface area contributed by atoms with Crippen LogP contribution in [0.3, 0.4) is 0 Å². The molecule has 1 saturated heterocycles. The average Bonchev–Trinajstić information content (AvgIpc) is 2.92. The largest absolute Gasteiger partial charge is 0.507 e. The molecule has 1 aromatic carbocycles. The molecule has 1 amide bonds. The van der Waals surface area contributed by atoms with Crippen LogP contribution in [0.5, 0.6) is 5.75 Å². The van der Waals surface area contributed by atoms with Crippen molar-refractivity contribution in [2.24, 2.45) is 0 Å². The number of ether oxygens (including phenoxy) is 1. The number of benzene rings is 1. The summed E-state index contributed by atoms with van der Waals surface area (Å²) in [6.45, 7) is 5.95. The maximum Gasteiger partial charge on any atom is 0.416 e. The number of rotatable bonds is 2. The highest BCUT2D eigenvalue weighted by Gasteiger charge is 2.37. The topological polar surface area (TPSA) is 67.6 Å². The summed E-state index contributed by atoms with van der Waals surface area (Å²) >= 11 is 0. The van der Waals surface area contributed by atoms with Crippen LogP contribution in [0.4, 0.5) is 18.0 Å². The number of phenols is 1. The fourth-order valence-electron chi connectivity index (χ4n) is 2.82. The van der Waals surface area contributed by atoms with Crippen LogP contribution in [-0.4, -0.2) is 44.6 Å². The van der Waals surface area contributed by atoms with Gasteiger partial charge < -0.3 is 14.7 Å². The zero-order valence-corrected chi connectivity index (χ0v) is 15.1. The van der Waals surface area contributed by atoms with Crippen molar-refractivity contribution in [3.63, 3.8) is 0 Å². The molecule has 2 aromatic rings. The third-order valence-corrected chi connectivity index (χ3v) is 4.13. The number of aromatic hydroxyl groups is 1. The van der Waals surface area contributed by atoms with E-state index < -0.39 is 23.4 Å². The molecule has 1 fully saturated rings. The molecule has 0 atom stereocenters. The molecule has 146 valence electrons. The highest BCUT2D eigenvalue weighted by atomic mass is 19.4. The van der Waals surface area contributed by atoms with Crippen LogP contribution < -0.4 is 0 Å². The van der Waals surface area contributed by atoms with E-state index in [1.165, 1.54) is 21.8 Å². The highest BCUT2D eigenvalue weighted by molar-refractivity contribution is 5.70. The minimum atomic E-state index is -4.52. The van der Waals surface area contributed by atoms with Gasteiger partial charge in [-0.05, 0) is 45.0 Å². The van der Waals surface area contributed by atoms with E-state index in [4.69, 9.17) is 4.74 Å². The van der Waals surface area contributed by atoms with Crippen molar-refractivity contribution in [3.05, 3.63) is 36.0 Å². The van der Waals surface area contributed by atoms with Gasteiger partial charge in [-0.3, -0.25) is 4.68 Å². The normalized spacial score (nSPS) is 15.6. The Morgan fingerprint density at radius 2 is 1.89 bits per heavy atom. The predicted octanol–water partition coefficient (Wildman–Crippen LogP) is 4.07. The fraction of sp³-hybridized carbons (Fsp3) is 0.444. The number of phenolic OH excluding ortho intramolecular Hbond substituents is 1. The molecule has 6 nitrogen and oxygen atoms in total. The summed E-state index contributed by atoms with van der Waals surface area (Å²) in [5.74, 6) is -0.270. The predicted molar refractivity (Wildman–Crippen MR) is 91.2 cm³/mol. The smallest absolute Gasteiger partial charge is 0.416 e. The van der Waals surface area contributed by atoms with E-state index in [9.17, 15) is 23.1 Å². The first-order valence-electron chi connectivity index (χ1n) is 8.38. The van der Waals surface area contributed by atoms with Crippen molar-refractivity contribution in [1.29, 1.82) is 0 Å². The number of aromatic nitrogens is 2. The van der Waals surface area contributed by atoms with Crippen LogP contribution in [-0.2, 0) is 10.9 Å². The molecule has 0 radical (unpaired) electrons. The standard InChI is InChI=1S/C18H20F3N3O3/c1-17(2,3)27-16(26)23-9-12(10-23)24-14(6-7-22-24)13-8-11(18(19,20)21)4-5-15(13)25/h4-8,12,25H,9-10H2,1-3H3. The van der Waals surface area contributed by atoms with Gasteiger partial charge in [-0.25, -0.2) is 4.79 Å². The number of likely N-dealkylation sites (tertiary alicyclic amines) is 1. The van der Waals surface area contributed by atoms with Gasteiger partial charge in [0.25, 0.3) is 0 Å². The van der Waals surface area contributed by atoms with Gasteiger partial charge in [-0.15, -0.1) is 0 Å². The Balaban J connectivity index is 1.80. The summed E-state index contributed by atoms with van der Waals surface area (Å²) < 4.78 is 45.8. The first-order chi connectivity index (χ1) is 12.5. The Bertz CT molecular complexity index is 850. The molecule has 0 aliphatic carbocycles. The van der Waals surface area contributed by atoms with E-state index in [1.807, 2.05) is 0 Å². The van der Waals surface area contributed by atoms with E-state index in [0.717, 1.165) is 18.2 Å². The quantitative estimate of drug-likeness (QED) is 0.849. The third kappa shape index (κ3) is 4.01. The van der Waals surface area contributed by atoms with Crippen molar-refractivity contribution in [3.8, 4) is 17.0 Å². The number of amides is 1. The Morgan fingerprint density at radius 1 is 1.22 bits per heavy atom. The van der Waals surface area contributed by atoms with Gasteiger partial charge in [-0.1, -0.05) is 0 Å². The van der Waals surface area contributed by atoms with Crippen molar-refractivity contribution in [2.75, 3.05) is 13.1 Å². The fourth-order valence-corrected chi connectivity index (χ4v) is 2.82. The summed E-state index contributed by atoms with van der Waals surface area (Å²) in [5.41, 5.74) is -1.07. The van der Waals surface area contributed by atoms with E-state index in [1.54, 1.807) is 20.8 Å². The van der Waals surface area contributed by atoms with Gasteiger partial charge in [0.05, 0.1) is 17.3 Å². The summed E-state index contributed by atoms with van der Waals surface area (Å²) in [7, 11) is 0. The zero-order chi connectivity index (χ0) is 20.0. The van der Waals surface area contributed by atoms with Crippen LogP contribution in [0.2, 0.25) is 0 Å². The number of carbonyl (C=O) groups is 1. The van der Waals surface area contributed by atoms with E-state index in [-0.39, 0.29) is 17.4 Å². The molecule has 1 aliphatic heterocycles. The van der Waals surface area contributed by atoms with Gasteiger partial charge in [-0.2, -0.15) is 18.3 Å². The molecule has 3 rings (SSSR count). The molecule has 9 heteroatoms. The van der Waals surface area contributed by atoms with E-state index in [0.29, 0.717) is 18.8 Å². The average molecular weight is 383 g/mol. The molecule has 1 aromatic heterocycles. The van der Waals surface area contributed by atoms with Gasteiger partial charge in [0.15, 0.2) is 0 Å². The molecule has 27 heavy (non-hydrogen) atoms. The molecule has 0 saturated carbocycles. The summed E-state index contributed by atoms with van der Waals surface area (Å²) in [4.78, 5) is 13.5. The molecular formula is C18H20F3N3O3. The van der Waals surface area contributed by atoms with Crippen LogP contribution in [0.15, 0.2) is 30.5 Å². The lowest BCUT2D eigenvalue weighted by molar-refractivity contribution is -0.137. The lowest BCUT2D eigenvalue weighted by atomic mass is 10.0. The molecule has 1 N–H and O–H groups in total. The van der Waals surface area contributed by atoms with E-state index >= 15 is 0 Å². The van der Waals surface area contributed by atoms with Gasteiger partial charge in [0.1, 0.15) is 11.4 Å². The number of hydrogen-bond acceptors (Lipinski definition) is 4. The second-order valence-electron chi connectivity index (χ2n) is 7.43. The number of hydrogen-bond donors (Lipinski definition) is 1. The number of carbonyl (C=O) groups excluding carboxylic acids is 1. The Labute approximate surface area is 154 Å². The van der Waals surface area contributed by atoms with Crippen LogP contribution in [0.25, 0.3) is 11.3 Å². The highest BCUT2D eigenvalue weighted by Crippen LogP contribution is 2.38. The minimum absolute atomic E-state index is 0.0399. The second kappa shape index (κ2) is 6.47. The van der Waals surface area contributed by atoms with Crippen molar-refractivity contribution >= 4 is 6.09 Å². The first kappa shape index (κ1) is 19.1. The molecule has 0 bridgehead atoms. The monoisotopic (exact) mass is 383 g/mol. The Kier molecular flexibility index (Phi) is 4.57. The Morgan fingerprint density at radius 3 is 2.48 bits per heavy atom. The van der Waals surface area contributed by atoms with E-state index in [2.05, 4.69) is 5.10 Å². The van der Waals surface area contributed by atoms with Crippen LogP contribution in [0.1, 0.15) is 32.4 Å². The number of nitrogens with zero attached hydrogens (tertiary/aromatic N) is 3. The zero-order valence-electron chi connectivity index (χ0n) is 15.1. The number of halogens is 3. The first-order valence-corrected chi connectivity index (χ1v) is 8.38. The SMILES string of the molecule is CC(C)(C)OC(=O)N1CC(n2nccc2-c2cc(C(F)(F)F)ccc2O)C1. The third-order valence-electron chi connectivity index (χ3n) is 4.13. The van der Waals surface area contributed by atoms with Crippen LogP contribution in [0, 0.1) is 0 Å². The van der Waals surface area contributed by atoms with Crippen molar-refractivity contribution in [2.45, 2.75) is 38.6 Å². The molecule has 2 heterocycles. The summed E-state index contributed by atoms with van der Waals surface area (Å²) in [5, 5.41) is 14.2. The lowest BCUT2D eigenvalue weighted by Crippen LogP contribution is -2.52. The molecule has 1 aliphatic rings. The Hall–Kier alpha value is -2.71. The summed E-state index contributed by atoms with van der Waals surface area (Å²) in [6.07, 6.45) is -3.52. The van der Waals surface area contributed by atoms with Gasteiger partial charge >= 0.3 is 12.3 Å². The van der Waals surface area contributed by atoms with Crippen molar-refractivity contribution < 1.29 is 27.8 Å². The molecule has 0 spiro atoms. The maximum atomic E-state index is 13.0. The van der Waals surface area contributed by atoms with Crippen molar-refractivity contribution in [1.82, 2.24) is 14.7 Å². The minimum Gasteiger partial charge on any atom is -0.507 e. The number of alkyl halides is 3. The van der Waals surface area contributed by atoms with Gasteiger partial charge in [0, 0.05) is 24.8 Å². The molecule has 0 unspecified atom stereocenters. The molecular weight excluding hydrogens is 363 g/mol.